The molecule has 2 amide bonds. The fourth-order valence-electron chi connectivity index (χ4n) is 1.61. The van der Waals surface area contributed by atoms with E-state index in [0.29, 0.717) is 19.4 Å². The highest BCUT2D eigenvalue weighted by Gasteiger charge is 2.16. The third-order valence-electron chi connectivity index (χ3n) is 2.60. The fourth-order valence-corrected chi connectivity index (χ4v) is 3.27. The van der Waals surface area contributed by atoms with Crippen LogP contribution in [0.25, 0.3) is 0 Å². The van der Waals surface area contributed by atoms with Crippen LogP contribution >= 0.6 is 46.1 Å². The molecule has 21 heavy (non-hydrogen) atoms. The molecule has 2 aromatic rings. The van der Waals surface area contributed by atoms with E-state index in [1.54, 1.807) is 6.07 Å². The number of anilines is 1. The molecule has 0 fully saturated rings. The smallest absolute Gasteiger partial charge is 0.258 e. The normalized spacial score (nSPS) is 10.3. The topological polar surface area (TPSA) is 58.2 Å². The van der Waals surface area contributed by atoms with Crippen molar-refractivity contribution in [1.82, 2.24) is 5.32 Å². The number of carbonyl (C=O) groups excluding carboxylic acids is 2. The van der Waals surface area contributed by atoms with Crippen molar-refractivity contribution in [1.29, 1.82) is 0 Å². The molecular formula is C13H9Cl3N2O2S. The molecule has 1 aromatic heterocycles. The number of carbonyl (C=O) groups is 2. The van der Waals surface area contributed by atoms with Gasteiger partial charge in [0.25, 0.3) is 11.8 Å². The van der Waals surface area contributed by atoms with Gasteiger partial charge in [0.15, 0.2) is 0 Å². The van der Waals surface area contributed by atoms with Crippen molar-refractivity contribution in [2.45, 2.75) is 0 Å². The van der Waals surface area contributed by atoms with E-state index in [-0.39, 0.29) is 17.0 Å². The number of thiophene rings is 1. The predicted molar refractivity (Wildman–Crippen MR) is 87.1 cm³/mol. The second kappa shape index (κ2) is 6.66. The molecule has 0 bridgehead atoms. The fraction of sp³-hybridized carbons (Fsp3) is 0.0769. The van der Waals surface area contributed by atoms with Crippen LogP contribution in [-0.2, 0) is 0 Å². The van der Waals surface area contributed by atoms with Gasteiger partial charge in [-0.2, -0.15) is 0 Å². The van der Waals surface area contributed by atoms with Gasteiger partial charge in [-0.1, -0.05) is 34.8 Å². The van der Waals surface area contributed by atoms with E-state index in [1.807, 2.05) is 0 Å². The highest BCUT2D eigenvalue weighted by molar-refractivity contribution is 7.20. The predicted octanol–water partition coefficient (Wildman–Crippen LogP) is 4.32. The first kappa shape index (κ1) is 16.1. The number of rotatable bonds is 3. The Hall–Kier alpha value is -1.27. The molecule has 0 aliphatic carbocycles. The van der Waals surface area contributed by atoms with E-state index in [9.17, 15) is 9.59 Å². The molecule has 0 spiro atoms. The van der Waals surface area contributed by atoms with Gasteiger partial charge in [0.05, 0.1) is 20.5 Å². The highest BCUT2D eigenvalue weighted by atomic mass is 35.5. The van der Waals surface area contributed by atoms with E-state index in [1.165, 1.54) is 25.2 Å². The van der Waals surface area contributed by atoms with Gasteiger partial charge in [0.1, 0.15) is 4.34 Å². The van der Waals surface area contributed by atoms with E-state index in [4.69, 9.17) is 34.8 Å². The Morgan fingerprint density at radius 3 is 2.33 bits per heavy atom. The van der Waals surface area contributed by atoms with Crippen LogP contribution in [0.4, 0.5) is 5.69 Å². The van der Waals surface area contributed by atoms with Crippen molar-refractivity contribution in [3.05, 3.63) is 49.1 Å². The maximum absolute atomic E-state index is 12.1. The van der Waals surface area contributed by atoms with Crippen molar-refractivity contribution in [3.63, 3.8) is 0 Å². The van der Waals surface area contributed by atoms with Crippen LogP contribution in [0.1, 0.15) is 20.7 Å². The zero-order chi connectivity index (χ0) is 15.6. The number of hydrogen-bond acceptors (Lipinski definition) is 3. The van der Waals surface area contributed by atoms with Crippen LogP contribution in [0.2, 0.25) is 13.7 Å². The molecule has 0 unspecified atom stereocenters. The van der Waals surface area contributed by atoms with E-state index < -0.39 is 5.91 Å². The van der Waals surface area contributed by atoms with Gasteiger partial charge in [-0.05, 0) is 24.3 Å². The molecule has 0 saturated heterocycles. The summed E-state index contributed by atoms with van der Waals surface area (Å²) in [5.41, 5.74) is 0.982. The van der Waals surface area contributed by atoms with E-state index in [0.717, 1.165) is 11.3 Å². The summed E-state index contributed by atoms with van der Waals surface area (Å²) in [6, 6.07) is 6.10. The number of hydrogen-bond donors (Lipinski definition) is 2. The molecule has 1 heterocycles. The highest BCUT2D eigenvalue weighted by Crippen LogP contribution is 2.31. The minimum absolute atomic E-state index is 0.270. The van der Waals surface area contributed by atoms with Gasteiger partial charge in [-0.25, -0.2) is 0 Å². The van der Waals surface area contributed by atoms with Gasteiger partial charge in [-0.15, -0.1) is 11.3 Å². The Kier molecular flexibility index (Phi) is 5.11. The lowest BCUT2D eigenvalue weighted by Crippen LogP contribution is -2.19. The van der Waals surface area contributed by atoms with Gasteiger partial charge in [0.2, 0.25) is 0 Å². The van der Waals surface area contributed by atoms with E-state index >= 15 is 0 Å². The summed E-state index contributed by atoms with van der Waals surface area (Å²) >= 11 is 18.8. The molecule has 4 nitrogen and oxygen atoms in total. The van der Waals surface area contributed by atoms with Crippen LogP contribution in [0.5, 0.6) is 0 Å². The van der Waals surface area contributed by atoms with Crippen LogP contribution < -0.4 is 10.6 Å². The lowest BCUT2D eigenvalue weighted by Gasteiger charge is -2.08. The summed E-state index contributed by atoms with van der Waals surface area (Å²) in [5.74, 6) is -0.749. The Labute approximate surface area is 140 Å². The molecule has 8 heteroatoms. The third kappa shape index (κ3) is 3.68. The second-order valence-electron chi connectivity index (χ2n) is 3.97. The minimum atomic E-state index is -0.409. The summed E-state index contributed by atoms with van der Waals surface area (Å²) in [6.07, 6.45) is 0. The van der Waals surface area contributed by atoms with Crippen LogP contribution in [0.15, 0.2) is 24.3 Å². The minimum Gasteiger partial charge on any atom is -0.355 e. The quantitative estimate of drug-likeness (QED) is 0.853. The average molecular weight is 364 g/mol. The molecule has 0 aliphatic rings. The van der Waals surface area contributed by atoms with Gasteiger partial charge in [-0.3, -0.25) is 9.59 Å². The molecule has 0 radical (unpaired) electrons. The summed E-state index contributed by atoms with van der Waals surface area (Å²) in [5, 5.41) is 5.41. The summed E-state index contributed by atoms with van der Waals surface area (Å²) in [7, 11) is 1.50. The largest absolute Gasteiger partial charge is 0.355 e. The maximum Gasteiger partial charge on any atom is 0.258 e. The van der Waals surface area contributed by atoms with Crippen LogP contribution in [-0.4, -0.2) is 18.9 Å². The Balaban J connectivity index is 2.26. The van der Waals surface area contributed by atoms with Gasteiger partial charge < -0.3 is 10.6 Å². The zero-order valence-corrected chi connectivity index (χ0v) is 13.8. The van der Waals surface area contributed by atoms with Gasteiger partial charge >= 0.3 is 0 Å². The van der Waals surface area contributed by atoms with Crippen molar-refractivity contribution < 1.29 is 9.59 Å². The van der Waals surface area contributed by atoms with Crippen molar-refractivity contribution >= 4 is 63.6 Å². The average Bonchev–Trinajstić information content (AvgIpc) is 2.79. The Morgan fingerprint density at radius 1 is 1.05 bits per heavy atom. The lowest BCUT2D eigenvalue weighted by molar-refractivity contribution is 0.0961. The van der Waals surface area contributed by atoms with Crippen LogP contribution in [0, 0.1) is 0 Å². The standard InChI is InChI=1S/C13H9Cl3N2O2S/c1-17-12(19)7-4-6(2-3-9(7)14)18-13(20)8-5-10(15)21-11(8)16/h2-5H,1H3,(H,17,19)(H,18,20). The molecule has 2 N–H and O–H groups in total. The first-order valence-corrected chi connectivity index (χ1v) is 7.65. The van der Waals surface area contributed by atoms with Crippen molar-refractivity contribution in [2.24, 2.45) is 0 Å². The Bertz CT molecular complexity index is 715. The number of amides is 2. The molecule has 0 aliphatic heterocycles. The van der Waals surface area contributed by atoms with Crippen LogP contribution in [0.3, 0.4) is 0 Å². The number of halogens is 3. The molecule has 2 rings (SSSR count). The van der Waals surface area contributed by atoms with Crippen molar-refractivity contribution in [2.75, 3.05) is 12.4 Å². The summed E-state index contributed by atoms with van der Waals surface area (Å²) in [4.78, 5) is 23.8. The first-order chi connectivity index (χ1) is 9.92. The van der Waals surface area contributed by atoms with Gasteiger partial charge in [0, 0.05) is 12.7 Å². The summed E-state index contributed by atoms with van der Waals surface area (Å²) in [6.45, 7) is 0. The molecule has 0 atom stereocenters. The number of benzene rings is 1. The molecular weight excluding hydrogens is 355 g/mol. The van der Waals surface area contributed by atoms with Crippen molar-refractivity contribution in [3.8, 4) is 0 Å². The summed E-state index contributed by atoms with van der Waals surface area (Å²) < 4.78 is 0.727. The second-order valence-corrected chi connectivity index (χ2v) is 6.66. The number of nitrogens with one attached hydrogen (secondary N) is 2. The SMILES string of the molecule is CNC(=O)c1cc(NC(=O)c2cc(Cl)sc2Cl)ccc1Cl. The molecule has 0 saturated carbocycles. The molecule has 110 valence electrons. The lowest BCUT2D eigenvalue weighted by atomic mass is 10.2. The maximum atomic E-state index is 12.1. The monoisotopic (exact) mass is 362 g/mol. The molecule has 1 aromatic carbocycles. The Morgan fingerprint density at radius 2 is 1.76 bits per heavy atom. The third-order valence-corrected chi connectivity index (χ3v) is 4.41. The first-order valence-electron chi connectivity index (χ1n) is 5.70. The zero-order valence-electron chi connectivity index (χ0n) is 10.7. The van der Waals surface area contributed by atoms with E-state index in [2.05, 4.69) is 10.6 Å².